The van der Waals surface area contributed by atoms with E-state index in [1.54, 1.807) is 7.11 Å². The van der Waals surface area contributed by atoms with E-state index >= 15 is 0 Å². The lowest BCUT2D eigenvalue weighted by molar-refractivity contribution is 0.181. The standard InChI is InChI=1S/C13H13BrN2OS/c1-8-3-4-10(11(14)5-8)13-15-9(7-17-2)6-12(18)16-13/h3-6H,7H2,1-2H3,(H,15,16,18). The molecular weight excluding hydrogens is 312 g/mol. The van der Waals surface area contributed by atoms with Gasteiger partial charge in [0.25, 0.3) is 0 Å². The number of hydrogen-bond donors (Lipinski definition) is 1. The van der Waals surface area contributed by atoms with E-state index in [1.165, 1.54) is 5.56 Å². The highest BCUT2D eigenvalue weighted by Crippen LogP contribution is 2.26. The number of nitrogens with one attached hydrogen (secondary N) is 1. The van der Waals surface area contributed by atoms with Crippen LogP contribution in [0.2, 0.25) is 0 Å². The van der Waals surface area contributed by atoms with E-state index < -0.39 is 0 Å². The van der Waals surface area contributed by atoms with Crippen molar-refractivity contribution >= 4 is 28.1 Å². The molecule has 0 aliphatic heterocycles. The molecular formula is C13H13BrN2OS. The Morgan fingerprint density at radius 1 is 1.39 bits per heavy atom. The minimum atomic E-state index is 0.489. The highest BCUT2D eigenvalue weighted by atomic mass is 79.9. The van der Waals surface area contributed by atoms with Crippen molar-refractivity contribution in [2.75, 3.05) is 7.11 Å². The number of ether oxygens (including phenoxy) is 1. The Hall–Kier alpha value is -1.04. The van der Waals surface area contributed by atoms with Crippen LogP contribution in [-0.4, -0.2) is 17.1 Å². The fourth-order valence-corrected chi connectivity index (χ4v) is 2.60. The van der Waals surface area contributed by atoms with Gasteiger partial charge in [-0.3, -0.25) is 0 Å². The topological polar surface area (TPSA) is 37.9 Å². The number of halogens is 1. The van der Waals surface area contributed by atoms with Gasteiger partial charge in [-0.2, -0.15) is 0 Å². The van der Waals surface area contributed by atoms with Crippen LogP contribution >= 0.6 is 28.1 Å². The molecule has 0 atom stereocenters. The predicted molar refractivity (Wildman–Crippen MR) is 78.0 cm³/mol. The lowest BCUT2D eigenvalue weighted by Crippen LogP contribution is -1.98. The van der Waals surface area contributed by atoms with Gasteiger partial charge in [0, 0.05) is 22.8 Å². The first-order valence-corrected chi connectivity index (χ1v) is 6.66. The Balaban J connectivity index is 2.53. The quantitative estimate of drug-likeness (QED) is 0.866. The number of nitrogens with zero attached hydrogens (tertiary/aromatic N) is 1. The van der Waals surface area contributed by atoms with Crippen LogP contribution in [0.4, 0.5) is 0 Å². The number of hydrogen-bond acceptors (Lipinski definition) is 3. The highest BCUT2D eigenvalue weighted by Gasteiger charge is 2.06. The zero-order valence-corrected chi connectivity index (χ0v) is 12.6. The number of rotatable bonds is 3. The maximum atomic E-state index is 5.17. The van der Waals surface area contributed by atoms with Crippen LogP contribution in [0.25, 0.3) is 11.4 Å². The molecule has 0 aliphatic rings. The summed E-state index contributed by atoms with van der Waals surface area (Å²) < 4.78 is 6.66. The second-order valence-electron chi connectivity index (χ2n) is 4.01. The molecule has 2 rings (SSSR count). The molecule has 5 heteroatoms. The summed E-state index contributed by atoms with van der Waals surface area (Å²) in [6.45, 7) is 2.54. The van der Waals surface area contributed by atoms with Gasteiger partial charge in [-0.15, -0.1) is 0 Å². The summed E-state index contributed by atoms with van der Waals surface area (Å²) in [6.07, 6.45) is 0. The van der Waals surface area contributed by atoms with Gasteiger partial charge in [0.15, 0.2) is 0 Å². The lowest BCUT2D eigenvalue weighted by atomic mass is 10.1. The van der Waals surface area contributed by atoms with Crippen LogP contribution < -0.4 is 0 Å². The number of aromatic nitrogens is 2. The summed E-state index contributed by atoms with van der Waals surface area (Å²) >= 11 is 8.71. The van der Waals surface area contributed by atoms with E-state index in [0.29, 0.717) is 11.2 Å². The van der Waals surface area contributed by atoms with Crippen molar-refractivity contribution in [3.8, 4) is 11.4 Å². The number of benzene rings is 1. The van der Waals surface area contributed by atoms with Gasteiger partial charge in [0.2, 0.25) is 0 Å². The van der Waals surface area contributed by atoms with Gasteiger partial charge in [-0.05, 0) is 30.7 Å². The Bertz CT molecular complexity index is 625. The molecule has 0 saturated heterocycles. The monoisotopic (exact) mass is 324 g/mol. The predicted octanol–water partition coefficient (Wildman–Crippen LogP) is 4.02. The van der Waals surface area contributed by atoms with E-state index in [1.807, 2.05) is 25.1 Å². The molecule has 94 valence electrons. The Labute approximate surface area is 119 Å². The van der Waals surface area contributed by atoms with Crippen LogP contribution in [0.3, 0.4) is 0 Å². The molecule has 0 bridgehead atoms. The Morgan fingerprint density at radius 2 is 2.17 bits per heavy atom. The van der Waals surface area contributed by atoms with Gasteiger partial charge in [-0.25, -0.2) is 4.98 Å². The largest absolute Gasteiger partial charge is 0.378 e. The molecule has 2 aromatic rings. The first-order chi connectivity index (χ1) is 8.60. The molecule has 0 unspecified atom stereocenters. The molecule has 1 heterocycles. The first-order valence-electron chi connectivity index (χ1n) is 5.46. The molecule has 0 spiro atoms. The number of methoxy groups -OCH3 is 1. The van der Waals surface area contributed by atoms with Gasteiger partial charge in [-0.1, -0.05) is 34.2 Å². The zero-order chi connectivity index (χ0) is 13.1. The summed E-state index contributed by atoms with van der Waals surface area (Å²) in [5, 5.41) is 0. The molecule has 0 saturated carbocycles. The molecule has 1 N–H and O–H groups in total. The average Bonchev–Trinajstić information content (AvgIpc) is 2.28. The summed E-state index contributed by atoms with van der Waals surface area (Å²) in [5.74, 6) is 0.751. The van der Waals surface area contributed by atoms with E-state index in [9.17, 15) is 0 Å². The fourth-order valence-electron chi connectivity index (χ4n) is 1.68. The van der Waals surface area contributed by atoms with Crippen molar-refractivity contribution in [2.24, 2.45) is 0 Å². The fraction of sp³-hybridized carbons (Fsp3) is 0.231. The average molecular weight is 325 g/mol. The van der Waals surface area contributed by atoms with Crippen LogP contribution in [0.15, 0.2) is 28.7 Å². The second-order valence-corrected chi connectivity index (χ2v) is 5.28. The molecule has 1 aromatic carbocycles. The second kappa shape index (κ2) is 5.73. The van der Waals surface area contributed by atoms with Crippen LogP contribution in [-0.2, 0) is 11.3 Å². The van der Waals surface area contributed by atoms with E-state index in [-0.39, 0.29) is 0 Å². The zero-order valence-electron chi connectivity index (χ0n) is 10.2. The van der Waals surface area contributed by atoms with Crippen LogP contribution in [0, 0.1) is 11.6 Å². The summed E-state index contributed by atoms with van der Waals surface area (Å²) in [4.78, 5) is 7.58. The molecule has 0 radical (unpaired) electrons. The maximum absolute atomic E-state index is 5.17. The van der Waals surface area contributed by atoms with Crippen LogP contribution in [0.1, 0.15) is 11.3 Å². The first kappa shape index (κ1) is 13.4. The minimum absolute atomic E-state index is 0.489. The molecule has 18 heavy (non-hydrogen) atoms. The third kappa shape index (κ3) is 3.04. The molecule has 3 nitrogen and oxygen atoms in total. The third-order valence-electron chi connectivity index (χ3n) is 2.48. The Morgan fingerprint density at radius 3 is 2.83 bits per heavy atom. The van der Waals surface area contributed by atoms with Crippen molar-refractivity contribution in [1.82, 2.24) is 9.97 Å². The minimum Gasteiger partial charge on any atom is -0.378 e. The van der Waals surface area contributed by atoms with Crippen molar-refractivity contribution in [1.29, 1.82) is 0 Å². The normalized spacial score (nSPS) is 10.6. The van der Waals surface area contributed by atoms with Crippen molar-refractivity contribution in [3.63, 3.8) is 0 Å². The smallest absolute Gasteiger partial charge is 0.140 e. The van der Waals surface area contributed by atoms with Crippen LogP contribution in [0.5, 0.6) is 0 Å². The highest BCUT2D eigenvalue weighted by molar-refractivity contribution is 9.10. The van der Waals surface area contributed by atoms with E-state index in [0.717, 1.165) is 21.6 Å². The maximum Gasteiger partial charge on any atom is 0.140 e. The number of H-pyrrole nitrogens is 1. The van der Waals surface area contributed by atoms with Gasteiger partial charge in [0.05, 0.1) is 6.61 Å². The SMILES string of the molecule is COCc1cc(=S)nc(-c2ccc(C)cc2Br)[nH]1. The van der Waals surface area contributed by atoms with Crippen molar-refractivity contribution in [3.05, 3.63) is 44.6 Å². The molecule has 0 amide bonds. The summed E-state index contributed by atoms with van der Waals surface area (Å²) in [6, 6.07) is 7.92. The molecule has 0 fully saturated rings. The molecule has 1 aromatic heterocycles. The summed E-state index contributed by atoms with van der Waals surface area (Å²) in [5.41, 5.74) is 3.10. The van der Waals surface area contributed by atoms with Crippen molar-refractivity contribution in [2.45, 2.75) is 13.5 Å². The summed E-state index contributed by atoms with van der Waals surface area (Å²) in [7, 11) is 1.65. The third-order valence-corrected chi connectivity index (χ3v) is 3.34. The van der Waals surface area contributed by atoms with Gasteiger partial charge < -0.3 is 9.72 Å². The Kier molecular flexibility index (Phi) is 4.27. The van der Waals surface area contributed by atoms with E-state index in [2.05, 4.69) is 32.0 Å². The van der Waals surface area contributed by atoms with E-state index in [4.69, 9.17) is 17.0 Å². The van der Waals surface area contributed by atoms with Gasteiger partial charge >= 0.3 is 0 Å². The lowest BCUT2D eigenvalue weighted by Gasteiger charge is -2.07. The molecule has 0 aliphatic carbocycles. The van der Waals surface area contributed by atoms with Crippen molar-refractivity contribution < 1.29 is 4.74 Å². The van der Waals surface area contributed by atoms with Gasteiger partial charge in [0.1, 0.15) is 10.5 Å². The number of aryl methyl sites for hydroxylation is 1. The number of aromatic amines is 1.